The van der Waals surface area contributed by atoms with E-state index in [1.165, 1.54) is 25.6 Å². The molecule has 0 saturated heterocycles. The van der Waals surface area contributed by atoms with Gasteiger partial charge in [-0.1, -0.05) is 6.92 Å². The van der Waals surface area contributed by atoms with Crippen molar-refractivity contribution in [2.24, 2.45) is 0 Å². The number of hydrogen-bond donors (Lipinski definition) is 1. The Morgan fingerprint density at radius 3 is 2.57 bits per heavy atom. The van der Waals surface area contributed by atoms with Crippen LogP contribution in [0.4, 0.5) is 5.00 Å². The van der Waals surface area contributed by atoms with Gasteiger partial charge in [-0.25, -0.2) is 0 Å². The van der Waals surface area contributed by atoms with E-state index in [1.54, 1.807) is 18.2 Å². The van der Waals surface area contributed by atoms with Crippen LogP contribution in [-0.4, -0.2) is 20.1 Å². The second-order valence-electron chi connectivity index (χ2n) is 4.83. The van der Waals surface area contributed by atoms with Gasteiger partial charge in [0.2, 0.25) is 0 Å². The summed E-state index contributed by atoms with van der Waals surface area (Å²) in [5.41, 5.74) is 1.97. The van der Waals surface area contributed by atoms with E-state index in [0.29, 0.717) is 27.6 Å². The first-order chi connectivity index (χ1) is 11.0. The third-order valence-electron chi connectivity index (χ3n) is 3.55. The number of hydrogen-bond acceptors (Lipinski definition) is 5. The summed E-state index contributed by atoms with van der Waals surface area (Å²) in [5.74, 6) is 0.755. The minimum Gasteiger partial charge on any atom is -0.493 e. The number of benzene rings is 1. The van der Waals surface area contributed by atoms with Crippen molar-refractivity contribution < 1.29 is 14.3 Å². The number of amides is 1. The fourth-order valence-electron chi connectivity index (χ4n) is 2.36. The van der Waals surface area contributed by atoms with E-state index in [9.17, 15) is 10.1 Å². The standard InChI is InChI=1S/C17H18N2O3S/c1-5-12-10(2)23-17(13(12)9-18)19-16(20)11-6-7-14(21-3)15(8-11)22-4/h6-8H,5H2,1-4H3,(H,19,20). The van der Waals surface area contributed by atoms with Gasteiger partial charge in [0.05, 0.1) is 19.8 Å². The summed E-state index contributed by atoms with van der Waals surface area (Å²) < 4.78 is 10.4. The Bertz CT molecular complexity index is 775. The zero-order valence-corrected chi connectivity index (χ0v) is 14.3. The molecule has 1 aromatic carbocycles. The van der Waals surface area contributed by atoms with Gasteiger partial charge in [-0.15, -0.1) is 11.3 Å². The molecule has 0 bridgehead atoms. The monoisotopic (exact) mass is 330 g/mol. The Morgan fingerprint density at radius 1 is 1.30 bits per heavy atom. The predicted octanol–water partition coefficient (Wildman–Crippen LogP) is 3.76. The summed E-state index contributed by atoms with van der Waals surface area (Å²) in [5, 5.41) is 12.8. The maximum atomic E-state index is 12.4. The summed E-state index contributed by atoms with van der Waals surface area (Å²) in [6, 6.07) is 7.13. The van der Waals surface area contributed by atoms with Crippen molar-refractivity contribution in [1.82, 2.24) is 0 Å². The van der Waals surface area contributed by atoms with Crippen LogP contribution >= 0.6 is 11.3 Å². The molecule has 0 saturated carbocycles. The van der Waals surface area contributed by atoms with Gasteiger partial charge in [-0.2, -0.15) is 5.26 Å². The van der Waals surface area contributed by atoms with E-state index < -0.39 is 0 Å². The Morgan fingerprint density at radius 2 is 2.00 bits per heavy atom. The first kappa shape index (κ1) is 16.8. The van der Waals surface area contributed by atoms with Crippen LogP contribution in [0.15, 0.2) is 18.2 Å². The van der Waals surface area contributed by atoms with Crippen LogP contribution in [-0.2, 0) is 6.42 Å². The van der Waals surface area contributed by atoms with Gasteiger partial charge >= 0.3 is 0 Å². The Balaban J connectivity index is 2.32. The lowest BCUT2D eigenvalue weighted by Crippen LogP contribution is -2.12. The minimum atomic E-state index is -0.286. The van der Waals surface area contributed by atoms with E-state index in [-0.39, 0.29) is 5.91 Å². The number of nitrogens with zero attached hydrogens (tertiary/aromatic N) is 1. The highest BCUT2D eigenvalue weighted by Crippen LogP contribution is 2.33. The molecule has 2 rings (SSSR count). The first-order valence-electron chi connectivity index (χ1n) is 7.11. The second-order valence-corrected chi connectivity index (χ2v) is 6.05. The van der Waals surface area contributed by atoms with Crippen LogP contribution in [0.25, 0.3) is 0 Å². The molecule has 1 heterocycles. The van der Waals surface area contributed by atoms with Gasteiger partial charge in [0, 0.05) is 10.4 Å². The molecule has 0 unspecified atom stereocenters. The molecule has 0 spiro atoms. The normalized spacial score (nSPS) is 10.0. The number of carbonyl (C=O) groups is 1. The Hall–Kier alpha value is -2.52. The van der Waals surface area contributed by atoms with Crippen molar-refractivity contribution in [3.8, 4) is 17.6 Å². The third-order valence-corrected chi connectivity index (χ3v) is 4.61. The lowest BCUT2D eigenvalue weighted by Gasteiger charge is -2.09. The predicted molar refractivity (Wildman–Crippen MR) is 90.6 cm³/mol. The molecule has 0 fully saturated rings. The Labute approximate surface area is 139 Å². The van der Waals surface area contributed by atoms with Gasteiger partial charge in [0.15, 0.2) is 11.5 Å². The highest BCUT2D eigenvalue weighted by atomic mass is 32.1. The third kappa shape index (κ3) is 3.30. The van der Waals surface area contributed by atoms with E-state index in [2.05, 4.69) is 11.4 Å². The van der Waals surface area contributed by atoms with E-state index >= 15 is 0 Å². The molecule has 5 nitrogen and oxygen atoms in total. The number of carbonyl (C=O) groups excluding carboxylic acids is 1. The first-order valence-corrected chi connectivity index (χ1v) is 7.93. The molecule has 0 aliphatic rings. The molecular weight excluding hydrogens is 312 g/mol. The average molecular weight is 330 g/mol. The molecular formula is C17H18N2O3S. The number of anilines is 1. The summed E-state index contributed by atoms with van der Waals surface area (Å²) in [7, 11) is 3.06. The van der Waals surface area contributed by atoms with Crippen molar-refractivity contribution in [3.63, 3.8) is 0 Å². The van der Waals surface area contributed by atoms with Gasteiger partial charge in [-0.05, 0) is 37.1 Å². The number of ether oxygens (including phenoxy) is 2. The van der Waals surface area contributed by atoms with E-state index in [0.717, 1.165) is 16.9 Å². The van der Waals surface area contributed by atoms with Gasteiger partial charge in [0.1, 0.15) is 11.1 Å². The number of methoxy groups -OCH3 is 2. The smallest absolute Gasteiger partial charge is 0.256 e. The number of thiophene rings is 1. The summed E-state index contributed by atoms with van der Waals surface area (Å²) >= 11 is 1.42. The zero-order chi connectivity index (χ0) is 17.0. The molecule has 1 N–H and O–H groups in total. The van der Waals surface area contributed by atoms with Crippen LogP contribution in [0.3, 0.4) is 0 Å². The number of aryl methyl sites for hydroxylation is 1. The minimum absolute atomic E-state index is 0.286. The van der Waals surface area contributed by atoms with Crippen molar-refractivity contribution in [2.75, 3.05) is 19.5 Å². The maximum Gasteiger partial charge on any atom is 0.256 e. The van der Waals surface area contributed by atoms with Gasteiger partial charge in [0.25, 0.3) is 5.91 Å². The molecule has 1 aromatic heterocycles. The molecule has 1 amide bonds. The fourth-order valence-corrected chi connectivity index (χ4v) is 3.45. The van der Waals surface area contributed by atoms with Crippen LogP contribution in [0.1, 0.15) is 33.3 Å². The van der Waals surface area contributed by atoms with E-state index in [4.69, 9.17) is 9.47 Å². The number of rotatable bonds is 5. The van der Waals surface area contributed by atoms with Crippen molar-refractivity contribution >= 4 is 22.2 Å². The van der Waals surface area contributed by atoms with Crippen LogP contribution < -0.4 is 14.8 Å². The van der Waals surface area contributed by atoms with Crippen molar-refractivity contribution in [3.05, 3.63) is 39.8 Å². The molecule has 6 heteroatoms. The lowest BCUT2D eigenvalue weighted by atomic mass is 10.1. The van der Waals surface area contributed by atoms with Crippen LogP contribution in [0, 0.1) is 18.3 Å². The summed E-state index contributed by atoms with van der Waals surface area (Å²) in [4.78, 5) is 13.5. The molecule has 0 aliphatic carbocycles. The number of nitrogens with one attached hydrogen (secondary N) is 1. The highest BCUT2D eigenvalue weighted by molar-refractivity contribution is 7.16. The molecule has 0 atom stereocenters. The molecule has 23 heavy (non-hydrogen) atoms. The average Bonchev–Trinajstić information content (AvgIpc) is 2.88. The van der Waals surface area contributed by atoms with E-state index in [1.807, 2.05) is 13.8 Å². The Kier molecular flexibility index (Phi) is 5.24. The maximum absolute atomic E-state index is 12.4. The lowest BCUT2D eigenvalue weighted by molar-refractivity contribution is 0.102. The quantitative estimate of drug-likeness (QED) is 0.906. The zero-order valence-electron chi connectivity index (χ0n) is 13.5. The highest BCUT2D eigenvalue weighted by Gasteiger charge is 2.18. The van der Waals surface area contributed by atoms with Gasteiger partial charge in [-0.3, -0.25) is 4.79 Å². The second kappa shape index (κ2) is 7.16. The molecule has 0 aliphatic heterocycles. The molecule has 120 valence electrons. The van der Waals surface area contributed by atoms with Crippen molar-refractivity contribution in [1.29, 1.82) is 5.26 Å². The topological polar surface area (TPSA) is 71.3 Å². The van der Waals surface area contributed by atoms with Crippen molar-refractivity contribution in [2.45, 2.75) is 20.3 Å². The fraction of sp³-hybridized carbons (Fsp3) is 0.294. The number of nitriles is 1. The summed E-state index contributed by atoms with van der Waals surface area (Å²) in [6.45, 7) is 3.95. The molecule has 0 radical (unpaired) electrons. The SMILES string of the molecule is CCc1c(C)sc(NC(=O)c2ccc(OC)c(OC)c2)c1C#N. The van der Waals surface area contributed by atoms with Gasteiger partial charge < -0.3 is 14.8 Å². The largest absolute Gasteiger partial charge is 0.493 e. The van der Waals surface area contributed by atoms with Crippen LogP contribution in [0.5, 0.6) is 11.5 Å². The molecule has 2 aromatic rings. The van der Waals surface area contributed by atoms with Crippen LogP contribution in [0.2, 0.25) is 0 Å². The summed E-state index contributed by atoms with van der Waals surface area (Å²) in [6.07, 6.45) is 0.761.